The summed E-state index contributed by atoms with van der Waals surface area (Å²) in [5.41, 5.74) is 0.633. The molecule has 0 saturated carbocycles. The number of nitrogens with zero attached hydrogens (tertiary/aromatic N) is 2. The van der Waals surface area contributed by atoms with Gasteiger partial charge in [-0.1, -0.05) is 18.2 Å². The van der Waals surface area contributed by atoms with Gasteiger partial charge in [-0.2, -0.15) is 0 Å². The molecule has 27 heavy (non-hydrogen) atoms. The summed E-state index contributed by atoms with van der Waals surface area (Å²) in [6, 6.07) is 14.1. The number of carbonyl (C=O) groups excluding carboxylic acids is 1. The molecule has 0 bridgehead atoms. The second-order valence-corrected chi connectivity index (χ2v) is 8.46. The zero-order valence-electron chi connectivity index (χ0n) is 14.4. The Balaban J connectivity index is 1.64. The van der Waals surface area contributed by atoms with Gasteiger partial charge in [0.15, 0.2) is 9.84 Å². The second kappa shape index (κ2) is 7.71. The van der Waals surface area contributed by atoms with Gasteiger partial charge in [0.25, 0.3) is 5.69 Å². The number of hydrogen-bond donors (Lipinski definition) is 0. The molecule has 140 valence electrons. The van der Waals surface area contributed by atoms with Crippen molar-refractivity contribution in [3.8, 4) is 0 Å². The first-order chi connectivity index (χ1) is 12.9. The van der Waals surface area contributed by atoms with Crippen molar-refractivity contribution >= 4 is 27.5 Å². The Morgan fingerprint density at radius 3 is 2.41 bits per heavy atom. The first kappa shape index (κ1) is 18.8. The van der Waals surface area contributed by atoms with Crippen LogP contribution in [-0.2, 0) is 14.6 Å². The monoisotopic (exact) mass is 386 g/mol. The molecular weight excluding hydrogens is 368 g/mol. The zero-order valence-corrected chi connectivity index (χ0v) is 15.2. The van der Waals surface area contributed by atoms with Gasteiger partial charge in [-0.3, -0.25) is 14.9 Å². The van der Waals surface area contributed by atoms with E-state index in [4.69, 9.17) is 0 Å². The summed E-state index contributed by atoms with van der Waals surface area (Å²) in [5.74, 6) is -0.279. The summed E-state index contributed by atoms with van der Waals surface area (Å²) in [6.45, 7) is 0.529. The average molecular weight is 386 g/mol. The van der Waals surface area contributed by atoms with Gasteiger partial charge in [0.2, 0.25) is 5.91 Å². The van der Waals surface area contributed by atoms with Gasteiger partial charge >= 0.3 is 0 Å². The summed E-state index contributed by atoms with van der Waals surface area (Å²) < 4.78 is 25.3. The van der Waals surface area contributed by atoms with Crippen LogP contribution in [0.4, 0.5) is 5.69 Å². The molecule has 0 aromatic heterocycles. The van der Waals surface area contributed by atoms with E-state index in [-0.39, 0.29) is 23.0 Å². The highest BCUT2D eigenvalue weighted by molar-refractivity contribution is 7.92. The SMILES string of the molecule is O=C(/C=C/c1ccc([N+](=O)[O-])cc1)N1CCC(S(=O)(=O)c2ccccc2)C1. The van der Waals surface area contributed by atoms with E-state index in [0.29, 0.717) is 18.5 Å². The first-order valence-corrected chi connectivity index (χ1v) is 9.93. The summed E-state index contributed by atoms with van der Waals surface area (Å²) in [5, 5.41) is 10.0. The number of amides is 1. The Morgan fingerprint density at radius 1 is 1.11 bits per heavy atom. The van der Waals surface area contributed by atoms with Crippen molar-refractivity contribution in [2.24, 2.45) is 0 Å². The largest absolute Gasteiger partial charge is 0.338 e. The van der Waals surface area contributed by atoms with E-state index >= 15 is 0 Å². The highest BCUT2D eigenvalue weighted by Crippen LogP contribution is 2.24. The minimum Gasteiger partial charge on any atom is -0.338 e. The molecule has 0 N–H and O–H groups in total. The van der Waals surface area contributed by atoms with Gasteiger partial charge < -0.3 is 4.90 Å². The van der Waals surface area contributed by atoms with E-state index in [1.54, 1.807) is 48.5 Å². The summed E-state index contributed by atoms with van der Waals surface area (Å²) in [7, 11) is -3.47. The molecule has 2 aromatic rings. The summed E-state index contributed by atoms with van der Waals surface area (Å²) >= 11 is 0. The highest BCUT2D eigenvalue weighted by atomic mass is 32.2. The molecule has 1 aliphatic heterocycles. The number of nitro groups is 1. The molecule has 7 nitrogen and oxygen atoms in total. The maximum Gasteiger partial charge on any atom is 0.269 e. The Bertz CT molecular complexity index is 969. The lowest BCUT2D eigenvalue weighted by molar-refractivity contribution is -0.384. The van der Waals surface area contributed by atoms with Crippen molar-refractivity contribution < 1.29 is 18.1 Å². The molecule has 2 aromatic carbocycles. The van der Waals surface area contributed by atoms with Crippen LogP contribution in [-0.4, -0.2) is 42.5 Å². The van der Waals surface area contributed by atoms with E-state index in [0.717, 1.165) is 0 Å². The Labute approximate surface area is 157 Å². The van der Waals surface area contributed by atoms with Crippen LogP contribution in [0.2, 0.25) is 0 Å². The predicted molar refractivity (Wildman–Crippen MR) is 101 cm³/mol. The fourth-order valence-electron chi connectivity index (χ4n) is 2.96. The lowest BCUT2D eigenvalue weighted by Crippen LogP contribution is -2.30. The van der Waals surface area contributed by atoms with Gasteiger partial charge in [-0.05, 0) is 42.3 Å². The van der Waals surface area contributed by atoms with E-state index < -0.39 is 20.0 Å². The van der Waals surface area contributed by atoms with Crippen molar-refractivity contribution in [1.29, 1.82) is 0 Å². The third kappa shape index (κ3) is 4.22. The second-order valence-electron chi connectivity index (χ2n) is 6.23. The number of non-ortho nitro benzene ring substituents is 1. The molecule has 1 amide bonds. The average Bonchev–Trinajstić information content (AvgIpc) is 3.18. The molecular formula is C19H18N2O5S. The topological polar surface area (TPSA) is 97.6 Å². The quantitative estimate of drug-likeness (QED) is 0.447. The standard InChI is InChI=1S/C19H18N2O5S/c22-19(11-8-15-6-9-16(10-7-15)21(23)24)20-13-12-18(14-20)27(25,26)17-4-2-1-3-5-17/h1-11,18H,12-14H2/b11-8+. The fourth-order valence-corrected chi connectivity index (χ4v) is 4.68. The minimum absolute atomic E-state index is 0.0213. The van der Waals surface area contributed by atoms with Crippen molar-refractivity contribution in [2.45, 2.75) is 16.6 Å². The fraction of sp³-hybridized carbons (Fsp3) is 0.211. The number of likely N-dealkylation sites (tertiary alicyclic amines) is 1. The van der Waals surface area contributed by atoms with Gasteiger partial charge in [-0.15, -0.1) is 0 Å². The van der Waals surface area contributed by atoms with Crippen LogP contribution in [0.3, 0.4) is 0 Å². The maximum absolute atomic E-state index is 12.7. The van der Waals surface area contributed by atoms with Crippen molar-refractivity contribution in [3.05, 3.63) is 76.4 Å². The van der Waals surface area contributed by atoms with Crippen LogP contribution in [0.1, 0.15) is 12.0 Å². The number of hydrogen-bond acceptors (Lipinski definition) is 5. The van der Waals surface area contributed by atoms with E-state index in [9.17, 15) is 23.3 Å². The van der Waals surface area contributed by atoms with Gasteiger partial charge in [0.05, 0.1) is 15.1 Å². The number of carbonyl (C=O) groups is 1. The van der Waals surface area contributed by atoms with E-state index in [1.807, 2.05) is 0 Å². The van der Waals surface area contributed by atoms with Crippen molar-refractivity contribution in [1.82, 2.24) is 4.90 Å². The van der Waals surface area contributed by atoms with Crippen LogP contribution in [0.5, 0.6) is 0 Å². The molecule has 1 aliphatic rings. The molecule has 1 atom stereocenters. The Kier molecular flexibility index (Phi) is 5.36. The minimum atomic E-state index is -3.47. The molecule has 0 spiro atoms. The molecule has 3 rings (SSSR count). The molecule has 1 unspecified atom stereocenters. The van der Waals surface area contributed by atoms with E-state index in [2.05, 4.69) is 0 Å². The van der Waals surface area contributed by atoms with Crippen LogP contribution < -0.4 is 0 Å². The Morgan fingerprint density at radius 2 is 1.78 bits per heavy atom. The third-order valence-corrected chi connectivity index (χ3v) is 6.68. The maximum atomic E-state index is 12.7. The normalized spacial score (nSPS) is 17.3. The summed E-state index contributed by atoms with van der Waals surface area (Å²) in [6.07, 6.45) is 3.32. The smallest absolute Gasteiger partial charge is 0.269 e. The molecule has 1 saturated heterocycles. The molecule has 0 radical (unpaired) electrons. The third-order valence-electron chi connectivity index (χ3n) is 4.49. The van der Waals surface area contributed by atoms with Crippen molar-refractivity contribution in [3.63, 3.8) is 0 Å². The highest BCUT2D eigenvalue weighted by Gasteiger charge is 2.35. The molecule has 1 heterocycles. The molecule has 8 heteroatoms. The van der Waals surface area contributed by atoms with Gasteiger partial charge in [0.1, 0.15) is 0 Å². The van der Waals surface area contributed by atoms with E-state index in [1.165, 1.54) is 23.1 Å². The van der Waals surface area contributed by atoms with Crippen LogP contribution >= 0.6 is 0 Å². The summed E-state index contributed by atoms with van der Waals surface area (Å²) in [4.78, 5) is 24.3. The molecule has 0 aliphatic carbocycles. The lowest BCUT2D eigenvalue weighted by Gasteiger charge is -2.15. The van der Waals surface area contributed by atoms with Gasteiger partial charge in [0, 0.05) is 31.3 Å². The molecule has 1 fully saturated rings. The number of nitro benzene ring substituents is 1. The Hall–Kier alpha value is -3.00. The van der Waals surface area contributed by atoms with Gasteiger partial charge in [-0.25, -0.2) is 8.42 Å². The number of sulfone groups is 1. The predicted octanol–water partition coefficient (Wildman–Crippen LogP) is 2.68. The van der Waals surface area contributed by atoms with Crippen LogP contribution in [0.15, 0.2) is 65.6 Å². The van der Waals surface area contributed by atoms with Crippen LogP contribution in [0, 0.1) is 10.1 Å². The van der Waals surface area contributed by atoms with Crippen LogP contribution in [0.25, 0.3) is 6.08 Å². The number of rotatable bonds is 5. The number of benzene rings is 2. The lowest BCUT2D eigenvalue weighted by atomic mass is 10.2. The van der Waals surface area contributed by atoms with Crippen molar-refractivity contribution in [2.75, 3.05) is 13.1 Å². The zero-order chi connectivity index (χ0) is 19.4. The first-order valence-electron chi connectivity index (χ1n) is 8.38.